The van der Waals surface area contributed by atoms with Crippen LogP contribution in [-0.2, 0) is 14.3 Å². The smallest absolute Gasteiger partial charge is 0.323 e. The van der Waals surface area contributed by atoms with Gasteiger partial charge in [0.2, 0.25) is 5.91 Å². The van der Waals surface area contributed by atoms with E-state index in [-0.39, 0.29) is 24.5 Å². The molecule has 1 unspecified atom stereocenters. The highest BCUT2D eigenvalue weighted by atomic mass is 79.9. The number of amides is 1. The van der Waals surface area contributed by atoms with Crippen molar-refractivity contribution in [3.8, 4) is 0 Å². The molecule has 1 aliphatic rings. The first kappa shape index (κ1) is 16.0. The van der Waals surface area contributed by atoms with Crippen LogP contribution >= 0.6 is 15.9 Å². The number of carbonyl (C=O) groups is 2. The van der Waals surface area contributed by atoms with Crippen LogP contribution in [0.5, 0.6) is 0 Å². The highest BCUT2D eigenvalue weighted by Crippen LogP contribution is 2.22. The summed E-state index contributed by atoms with van der Waals surface area (Å²) in [5.74, 6) is -0.359. The van der Waals surface area contributed by atoms with Crippen LogP contribution < -0.4 is 5.32 Å². The first-order valence-electron chi connectivity index (χ1n) is 7.07. The number of ether oxygens (including phenoxy) is 1. The zero-order valence-corrected chi connectivity index (χ0v) is 13.6. The predicted octanol–water partition coefficient (Wildman–Crippen LogP) is 2.42. The summed E-state index contributed by atoms with van der Waals surface area (Å²) < 4.78 is 5.89. The number of esters is 1. The Morgan fingerprint density at radius 2 is 2.19 bits per heavy atom. The van der Waals surface area contributed by atoms with Crippen LogP contribution in [0.1, 0.15) is 19.8 Å². The van der Waals surface area contributed by atoms with Gasteiger partial charge in [0.25, 0.3) is 0 Å². The Morgan fingerprint density at radius 1 is 1.43 bits per heavy atom. The maximum absolute atomic E-state index is 12.1. The van der Waals surface area contributed by atoms with Crippen molar-refractivity contribution in [3.63, 3.8) is 0 Å². The Labute approximate surface area is 132 Å². The lowest BCUT2D eigenvalue weighted by Gasteiger charge is -2.22. The molecular formula is C15H19BrN2O3. The van der Waals surface area contributed by atoms with Crippen LogP contribution in [0.25, 0.3) is 0 Å². The van der Waals surface area contributed by atoms with E-state index in [9.17, 15) is 9.59 Å². The van der Waals surface area contributed by atoms with Gasteiger partial charge >= 0.3 is 5.97 Å². The van der Waals surface area contributed by atoms with Crippen molar-refractivity contribution >= 4 is 33.5 Å². The van der Waals surface area contributed by atoms with Gasteiger partial charge in [0.1, 0.15) is 6.04 Å². The number of likely N-dealkylation sites (tertiary alicyclic amines) is 1. The van der Waals surface area contributed by atoms with E-state index < -0.39 is 0 Å². The minimum absolute atomic E-state index is 0.127. The third-order valence-electron chi connectivity index (χ3n) is 3.42. The Morgan fingerprint density at radius 3 is 2.90 bits per heavy atom. The van der Waals surface area contributed by atoms with Crippen molar-refractivity contribution in [2.75, 3.05) is 25.0 Å². The molecule has 0 spiro atoms. The fourth-order valence-corrected chi connectivity index (χ4v) is 2.84. The number of anilines is 1. The molecule has 1 aromatic carbocycles. The second kappa shape index (κ2) is 7.56. The molecule has 1 atom stereocenters. The van der Waals surface area contributed by atoms with E-state index in [0.717, 1.165) is 29.5 Å². The standard InChI is InChI=1S/C15H19BrN2O3/c1-2-21-15(20)13-8-5-9-18(13)10-14(19)17-12-7-4-3-6-11(12)16/h3-4,6-7,13H,2,5,8-10H2,1H3,(H,17,19). The molecule has 1 fully saturated rings. The van der Waals surface area contributed by atoms with Crippen LogP contribution in [0.4, 0.5) is 5.69 Å². The van der Waals surface area contributed by atoms with Crippen molar-refractivity contribution in [1.29, 1.82) is 0 Å². The molecule has 2 rings (SSSR count). The lowest BCUT2D eigenvalue weighted by Crippen LogP contribution is -2.41. The quantitative estimate of drug-likeness (QED) is 0.825. The Hall–Kier alpha value is -1.40. The van der Waals surface area contributed by atoms with Gasteiger partial charge in [0, 0.05) is 4.47 Å². The molecule has 1 aromatic rings. The summed E-state index contributed by atoms with van der Waals surface area (Å²) in [6.07, 6.45) is 1.66. The molecule has 6 heteroatoms. The summed E-state index contributed by atoms with van der Waals surface area (Å²) >= 11 is 3.39. The van der Waals surface area contributed by atoms with Crippen LogP contribution in [0.15, 0.2) is 28.7 Å². The van der Waals surface area contributed by atoms with Gasteiger partial charge in [-0.25, -0.2) is 0 Å². The Balaban J connectivity index is 1.93. The summed E-state index contributed by atoms with van der Waals surface area (Å²) in [7, 11) is 0. The summed E-state index contributed by atoms with van der Waals surface area (Å²) in [5.41, 5.74) is 0.731. The minimum atomic E-state index is -0.296. The second-order valence-electron chi connectivity index (χ2n) is 4.91. The number of para-hydroxylation sites is 1. The number of nitrogens with one attached hydrogen (secondary N) is 1. The Bertz CT molecular complexity index is 521. The van der Waals surface area contributed by atoms with E-state index in [1.165, 1.54) is 0 Å². The van der Waals surface area contributed by atoms with Crippen LogP contribution in [0.2, 0.25) is 0 Å². The molecule has 0 bridgehead atoms. The van der Waals surface area contributed by atoms with Crippen molar-refractivity contribution in [2.24, 2.45) is 0 Å². The molecule has 1 amide bonds. The third-order valence-corrected chi connectivity index (χ3v) is 4.11. The lowest BCUT2D eigenvalue weighted by atomic mass is 10.2. The fraction of sp³-hybridized carbons (Fsp3) is 0.467. The number of carbonyl (C=O) groups excluding carboxylic acids is 2. The highest BCUT2D eigenvalue weighted by molar-refractivity contribution is 9.10. The molecule has 5 nitrogen and oxygen atoms in total. The van der Waals surface area contributed by atoms with E-state index in [0.29, 0.717) is 6.61 Å². The minimum Gasteiger partial charge on any atom is -0.465 e. The van der Waals surface area contributed by atoms with Gasteiger partial charge in [-0.2, -0.15) is 0 Å². The van der Waals surface area contributed by atoms with Gasteiger partial charge < -0.3 is 10.1 Å². The summed E-state index contributed by atoms with van der Waals surface area (Å²) in [4.78, 5) is 25.8. The van der Waals surface area contributed by atoms with Crippen LogP contribution in [0.3, 0.4) is 0 Å². The molecular weight excluding hydrogens is 336 g/mol. The highest BCUT2D eigenvalue weighted by Gasteiger charge is 2.32. The van der Waals surface area contributed by atoms with Gasteiger partial charge in [-0.1, -0.05) is 12.1 Å². The average Bonchev–Trinajstić information content (AvgIpc) is 2.90. The molecule has 0 saturated carbocycles. The molecule has 1 saturated heterocycles. The zero-order valence-electron chi connectivity index (χ0n) is 12.0. The van der Waals surface area contributed by atoms with Crippen molar-refractivity contribution < 1.29 is 14.3 Å². The molecule has 114 valence electrons. The van der Waals surface area contributed by atoms with E-state index in [1.54, 1.807) is 6.92 Å². The third kappa shape index (κ3) is 4.28. The van der Waals surface area contributed by atoms with Gasteiger partial charge in [0.15, 0.2) is 0 Å². The molecule has 0 aliphatic carbocycles. The normalized spacial score (nSPS) is 18.5. The number of halogens is 1. The SMILES string of the molecule is CCOC(=O)C1CCCN1CC(=O)Nc1ccccc1Br. The molecule has 0 radical (unpaired) electrons. The largest absolute Gasteiger partial charge is 0.465 e. The maximum Gasteiger partial charge on any atom is 0.323 e. The second-order valence-corrected chi connectivity index (χ2v) is 5.76. The summed E-state index contributed by atoms with van der Waals surface area (Å²) in [6.45, 7) is 3.10. The zero-order chi connectivity index (χ0) is 15.2. The van der Waals surface area contributed by atoms with Crippen LogP contribution in [-0.4, -0.2) is 42.5 Å². The monoisotopic (exact) mass is 354 g/mol. The average molecular weight is 355 g/mol. The number of hydrogen-bond acceptors (Lipinski definition) is 4. The molecule has 1 aliphatic heterocycles. The van der Waals surface area contributed by atoms with E-state index in [1.807, 2.05) is 29.2 Å². The molecule has 21 heavy (non-hydrogen) atoms. The van der Waals surface area contributed by atoms with Crippen molar-refractivity contribution in [1.82, 2.24) is 4.90 Å². The van der Waals surface area contributed by atoms with Gasteiger partial charge in [-0.3, -0.25) is 14.5 Å². The van der Waals surface area contributed by atoms with Gasteiger partial charge in [-0.05, 0) is 54.4 Å². The van der Waals surface area contributed by atoms with Crippen molar-refractivity contribution in [2.45, 2.75) is 25.8 Å². The summed E-state index contributed by atoms with van der Waals surface area (Å²) in [6, 6.07) is 7.14. The van der Waals surface area contributed by atoms with E-state index in [2.05, 4.69) is 21.2 Å². The van der Waals surface area contributed by atoms with Gasteiger partial charge in [-0.15, -0.1) is 0 Å². The number of benzene rings is 1. The number of nitrogens with zero attached hydrogens (tertiary/aromatic N) is 1. The topological polar surface area (TPSA) is 58.6 Å². The number of rotatable bonds is 5. The molecule has 0 aromatic heterocycles. The maximum atomic E-state index is 12.1. The predicted molar refractivity (Wildman–Crippen MR) is 84.0 cm³/mol. The van der Waals surface area contributed by atoms with E-state index in [4.69, 9.17) is 4.74 Å². The number of hydrogen-bond donors (Lipinski definition) is 1. The first-order chi connectivity index (χ1) is 10.1. The molecule has 1 N–H and O–H groups in total. The lowest BCUT2D eigenvalue weighted by molar-refractivity contribution is -0.148. The Kier molecular flexibility index (Phi) is 5.76. The first-order valence-corrected chi connectivity index (χ1v) is 7.86. The van der Waals surface area contributed by atoms with Crippen LogP contribution in [0, 0.1) is 0 Å². The van der Waals surface area contributed by atoms with Crippen molar-refractivity contribution in [3.05, 3.63) is 28.7 Å². The summed E-state index contributed by atoms with van der Waals surface area (Å²) in [5, 5.41) is 2.85. The fourth-order valence-electron chi connectivity index (χ4n) is 2.46. The molecule has 1 heterocycles. The van der Waals surface area contributed by atoms with E-state index >= 15 is 0 Å². The van der Waals surface area contributed by atoms with Gasteiger partial charge in [0.05, 0.1) is 18.8 Å².